The molecule has 3 N–H and O–H groups in total. The maximum absolute atomic E-state index is 12.0. The highest BCUT2D eigenvalue weighted by molar-refractivity contribution is 6.31. The number of nitrogens with one attached hydrogen (secondary N) is 2. The number of aliphatic hydroxyl groups excluding tert-OH is 1. The molecular formula is C14H15ClN2O2. The van der Waals surface area contributed by atoms with Crippen molar-refractivity contribution in [3.63, 3.8) is 0 Å². The molecule has 2 aromatic rings. The van der Waals surface area contributed by atoms with Crippen LogP contribution in [0.4, 0.5) is 0 Å². The Morgan fingerprint density at radius 2 is 2.21 bits per heavy atom. The van der Waals surface area contributed by atoms with E-state index in [-0.39, 0.29) is 17.9 Å². The summed E-state index contributed by atoms with van der Waals surface area (Å²) in [5.41, 5.74) is 1.29. The zero-order chi connectivity index (χ0) is 13.5. The molecule has 1 heterocycles. The summed E-state index contributed by atoms with van der Waals surface area (Å²) in [5.74, 6) is -0.146. The number of benzene rings is 1. The summed E-state index contributed by atoms with van der Waals surface area (Å²) in [6.45, 7) is 0.661. The SMILES string of the molecule is O=C(NCC1(CO)CC1)c1cc2ccc(Cl)cc2[nH]1. The number of hydrogen-bond donors (Lipinski definition) is 3. The maximum atomic E-state index is 12.0. The van der Waals surface area contributed by atoms with Crippen LogP contribution in [0.2, 0.25) is 5.02 Å². The van der Waals surface area contributed by atoms with Crippen molar-refractivity contribution >= 4 is 28.4 Å². The fourth-order valence-corrected chi connectivity index (χ4v) is 2.32. The molecule has 0 radical (unpaired) electrons. The topological polar surface area (TPSA) is 65.1 Å². The van der Waals surface area contributed by atoms with Crippen LogP contribution in [-0.2, 0) is 0 Å². The molecule has 19 heavy (non-hydrogen) atoms. The number of aliphatic hydroxyl groups is 1. The predicted molar refractivity (Wildman–Crippen MR) is 74.4 cm³/mol. The summed E-state index contributed by atoms with van der Waals surface area (Å²) in [5, 5.41) is 13.7. The Kier molecular flexibility index (Phi) is 2.99. The Labute approximate surface area is 115 Å². The van der Waals surface area contributed by atoms with Gasteiger partial charge in [0.2, 0.25) is 0 Å². The highest BCUT2D eigenvalue weighted by atomic mass is 35.5. The van der Waals surface area contributed by atoms with E-state index in [2.05, 4.69) is 10.3 Å². The van der Waals surface area contributed by atoms with Crippen molar-refractivity contribution in [3.8, 4) is 0 Å². The molecule has 100 valence electrons. The van der Waals surface area contributed by atoms with Gasteiger partial charge < -0.3 is 15.4 Å². The summed E-state index contributed by atoms with van der Waals surface area (Å²) in [4.78, 5) is 15.1. The van der Waals surface area contributed by atoms with Gasteiger partial charge in [-0.2, -0.15) is 0 Å². The monoisotopic (exact) mass is 278 g/mol. The molecule has 1 aromatic carbocycles. The van der Waals surface area contributed by atoms with Crippen molar-refractivity contribution in [1.29, 1.82) is 0 Å². The first-order valence-corrected chi connectivity index (χ1v) is 6.67. The quantitative estimate of drug-likeness (QED) is 0.804. The third-order valence-electron chi connectivity index (χ3n) is 3.75. The molecule has 0 bridgehead atoms. The van der Waals surface area contributed by atoms with Crippen LogP contribution in [0.3, 0.4) is 0 Å². The van der Waals surface area contributed by atoms with Crippen molar-refractivity contribution in [2.45, 2.75) is 12.8 Å². The summed E-state index contributed by atoms with van der Waals surface area (Å²) < 4.78 is 0. The second-order valence-electron chi connectivity index (χ2n) is 5.26. The Bertz CT molecular complexity index is 631. The fraction of sp³-hybridized carbons (Fsp3) is 0.357. The van der Waals surface area contributed by atoms with Gasteiger partial charge in [0.1, 0.15) is 5.69 Å². The van der Waals surface area contributed by atoms with Gasteiger partial charge in [0.15, 0.2) is 0 Å². The largest absolute Gasteiger partial charge is 0.396 e. The number of fused-ring (bicyclic) bond motifs is 1. The third kappa shape index (κ3) is 2.46. The third-order valence-corrected chi connectivity index (χ3v) is 3.98. The van der Waals surface area contributed by atoms with Gasteiger partial charge in [0.25, 0.3) is 5.91 Å². The summed E-state index contributed by atoms with van der Waals surface area (Å²) >= 11 is 5.91. The van der Waals surface area contributed by atoms with Crippen LogP contribution in [0.15, 0.2) is 24.3 Å². The number of halogens is 1. The van der Waals surface area contributed by atoms with Crippen molar-refractivity contribution in [3.05, 3.63) is 35.0 Å². The van der Waals surface area contributed by atoms with Gasteiger partial charge in [0.05, 0.1) is 6.61 Å². The molecule has 1 amide bonds. The highest BCUT2D eigenvalue weighted by Crippen LogP contribution is 2.44. The van der Waals surface area contributed by atoms with Crippen LogP contribution in [0.25, 0.3) is 10.9 Å². The number of carbonyl (C=O) groups is 1. The Balaban J connectivity index is 1.74. The molecule has 4 nitrogen and oxygen atoms in total. The van der Waals surface area contributed by atoms with Gasteiger partial charge in [-0.25, -0.2) is 0 Å². The molecule has 1 aliphatic carbocycles. The first-order chi connectivity index (χ1) is 9.12. The lowest BCUT2D eigenvalue weighted by molar-refractivity contribution is 0.0931. The lowest BCUT2D eigenvalue weighted by Gasteiger charge is -2.11. The number of carbonyl (C=O) groups excluding carboxylic acids is 1. The van der Waals surface area contributed by atoms with E-state index in [1.807, 2.05) is 6.07 Å². The number of hydrogen-bond acceptors (Lipinski definition) is 2. The molecule has 0 saturated heterocycles. The van der Waals surface area contributed by atoms with E-state index in [1.165, 1.54) is 0 Å². The molecule has 0 aliphatic heterocycles. The molecule has 5 heteroatoms. The Morgan fingerprint density at radius 3 is 2.89 bits per heavy atom. The maximum Gasteiger partial charge on any atom is 0.267 e. The van der Waals surface area contributed by atoms with Gasteiger partial charge in [-0.05, 0) is 31.0 Å². The van der Waals surface area contributed by atoms with E-state index >= 15 is 0 Å². The van der Waals surface area contributed by atoms with E-state index in [0.29, 0.717) is 17.3 Å². The minimum absolute atomic E-state index is 0.0784. The molecule has 0 unspecified atom stereocenters. The molecule has 1 aromatic heterocycles. The van der Waals surface area contributed by atoms with E-state index < -0.39 is 0 Å². The standard InChI is InChI=1S/C14H15ClN2O2/c15-10-2-1-9-5-12(17-11(9)6-10)13(19)16-7-14(8-18)3-4-14/h1-2,5-6,17-18H,3-4,7-8H2,(H,16,19). The zero-order valence-electron chi connectivity index (χ0n) is 10.4. The summed E-state index contributed by atoms with van der Waals surface area (Å²) in [7, 11) is 0. The minimum atomic E-state index is -0.146. The van der Waals surface area contributed by atoms with Gasteiger partial charge in [-0.3, -0.25) is 4.79 Å². The number of aromatic nitrogens is 1. The first-order valence-electron chi connectivity index (χ1n) is 6.29. The van der Waals surface area contributed by atoms with Crippen LogP contribution in [0, 0.1) is 5.41 Å². The Morgan fingerprint density at radius 1 is 1.42 bits per heavy atom. The van der Waals surface area contributed by atoms with Crippen LogP contribution < -0.4 is 5.32 Å². The van der Waals surface area contributed by atoms with E-state index in [4.69, 9.17) is 11.6 Å². The smallest absolute Gasteiger partial charge is 0.267 e. The number of rotatable bonds is 4. The average molecular weight is 279 g/mol. The van der Waals surface area contributed by atoms with E-state index in [1.54, 1.807) is 18.2 Å². The van der Waals surface area contributed by atoms with Crippen molar-refractivity contribution in [2.24, 2.45) is 5.41 Å². The predicted octanol–water partition coefficient (Wildman–Crippen LogP) is 2.32. The average Bonchev–Trinajstić information content (AvgIpc) is 3.07. The van der Waals surface area contributed by atoms with Crippen LogP contribution in [0.5, 0.6) is 0 Å². The summed E-state index contributed by atoms with van der Waals surface area (Å²) in [6, 6.07) is 7.27. The van der Waals surface area contributed by atoms with Gasteiger partial charge in [0, 0.05) is 27.9 Å². The van der Waals surface area contributed by atoms with Gasteiger partial charge in [-0.15, -0.1) is 0 Å². The molecular weight excluding hydrogens is 264 g/mol. The lowest BCUT2D eigenvalue weighted by atomic mass is 10.1. The zero-order valence-corrected chi connectivity index (χ0v) is 11.1. The van der Waals surface area contributed by atoms with Crippen molar-refractivity contribution in [2.75, 3.05) is 13.2 Å². The van der Waals surface area contributed by atoms with Gasteiger partial charge in [-0.1, -0.05) is 17.7 Å². The second kappa shape index (κ2) is 4.54. The molecule has 0 spiro atoms. The lowest BCUT2D eigenvalue weighted by Crippen LogP contribution is -2.32. The van der Waals surface area contributed by atoms with Gasteiger partial charge >= 0.3 is 0 Å². The highest BCUT2D eigenvalue weighted by Gasteiger charge is 2.42. The normalized spacial score (nSPS) is 16.5. The second-order valence-corrected chi connectivity index (χ2v) is 5.69. The fourth-order valence-electron chi connectivity index (χ4n) is 2.15. The van der Waals surface area contributed by atoms with Crippen molar-refractivity contribution < 1.29 is 9.90 Å². The number of amides is 1. The number of H-pyrrole nitrogens is 1. The van der Waals surface area contributed by atoms with E-state index in [9.17, 15) is 9.90 Å². The van der Waals surface area contributed by atoms with Crippen LogP contribution >= 0.6 is 11.6 Å². The minimum Gasteiger partial charge on any atom is -0.396 e. The summed E-state index contributed by atoms with van der Waals surface area (Å²) in [6.07, 6.45) is 1.96. The number of aromatic amines is 1. The molecule has 3 rings (SSSR count). The molecule has 0 atom stereocenters. The molecule has 1 aliphatic rings. The molecule has 1 fully saturated rings. The molecule has 1 saturated carbocycles. The van der Waals surface area contributed by atoms with Crippen molar-refractivity contribution in [1.82, 2.24) is 10.3 Å². The van der Waals surface area contributed by atoms with Crippen LogP contribution in [0.1, 0.15) is 23.3 Å². The van der Waals surface area contributed by atoms with Crippen LogP contribution in [-0.4, -0.2) is 29.1 Å². The Hall–Kier alpha value is -1.52. The first kappa shape index (κ1) is 12.5. The van der Waals surface area contributed by atoms with E-state index in [0.717, 1.165) is 23.7 Å².